The van der Waals surface area contributed by atoms with Crippen LogP contribution in [0.2, 0.25) is 0 Å². The summed E-state index contributed by atoms with van der Waals surface area (Å²) in [6.07, 6.45) is 10.4. The molecule has 1 nitrogen and oxygen atoms in total. The molecule has 1 radical (unpaired) electrons. The Morgan fingerprint density at radius 3 is 1.60 bits per heavy atom. The Labute approximate surface area is 63.4 Å². The van der Waals surface area contributed by atoms with Gasteiger partial charge in [-0.3, -0.25) is 0 Å². The van der Waals surface area contributed by atoms with E-state index in [4.69, 9.17) is 0 Å². The molecule has 0 aromatic heterocycles. The fourth-order valence-electron chi connectivity index (χ4n) is 1.49. The third-order valence-corrected chi connectivity index (χ3v) is 2.18. The van der Waals surface area contributed by atoms with Gasteiger partial charge in [0, 0.05) is 0 Å². The highest BCUT2D eigenvalue weighted by Gasteiger charge is 2.06. The Kier molecular flexibility index (Phi) is 3.81. The number of rotatable bonds is 0. The average Bonchev–Trinajstić information content (AvgIpc) is 2.02. The Balaban J connectivity index is 2.15. The Bertz CT molecular complexity index is 70.8. The first kappa shape index (κ1) is 8.06. The second-order valence-electron chi connectivity index (χ2n) is 3.19. The van der Waals surface area contributed by atoms with Gasteiger partial charge in [0.15, 0.2) is 0 Å². The van der Waals surface area contributed by atoms with Gasteiger partial charge in [0.1, 0.15) is 0 Å². The van der Waals surface area contributed by atoms with Gasteiger partial charge in [0.25, 0.3) is 0 Å². The monoisotopic (exact) mass is 141 g/mol. The van der Waals surface area contributed by atoms with Gasteiger partial charge in [-0.05, 0) is 12.8 Å². The van der Waals surface area contributed by atoms with Gasteiger partial charge < -0.3 is 5.11 Å². The number of hydrogen-bond donors (Lipinski definition) is 1. The van der Waals surface area contributed by atoms with Crippen LogP contribution in [0.15, 0.2) is 0 Å². The molecule has 0 unspecified atom stereocenters. The molecule has 1 aliphatic carbocycles. The lowest BCUT2D eigenvalue weighted by Gasteiger charge is -2.04. The van der Waals surface area contributed by atoms with E-state index in [1.165, 1.54) is 38.5 Å². The van der Waals surface area contributed by atoms with E-state index in [0.717, 1.165) is 18.9 Å². The summed E-state index contributed by atoms with van der Waals surface area (Å²) >= 11 is 0. The Hall–Kier alpha value is -0.0400. The molecule has 1 saturated carbocycles. The lowest BCUT2D eigenvalue weighted by Crippen LogP contribution is -1.94. The van der Waals surface area contributed by atoms with Gasteiger partial charge in [-0.2, -0.15) is 0 Å². The lowest BCUT2D eigenvalue weighted by molar-refractivity contribution is 0.262. The molecule has 0 heterocycles. The summed E-state index contributed by atoms with van der Waals surface area (Å²) in [5.74, 6) is 0. The summed E-state index contributed by atoms with van der Waals surface area (Å²) in [4.78, 5) is 0. The molecule has 0 aromatic carbocycles. The first-order valence-electron chi connectivity index (χ1n) is 4.43. The highest BCUT2D eigenvalue weighted by atomic mass is 16.3. The molecule has 1 N–H and O–H groups in total. The maximum atomic E-state index is 9.26. The third kappa shape index (κ3) is 3.21. The van der Waals surface area contributed by atoms with Gasteiger partial charge in [0.05, 0.1) is 6.10 Å². The van der Waals surface area contributed by atoms with Crippen molar-refractivity contribution in [2.75, 3.05) is 0 Å². The van der Waals surface area contributed by atoms with Crippen LogP contribution < -0.4 is 0 Å². The normalized spacial score (nSPS) is 24.9. The summed E-state index contributed by atoms with van der Waals surface area (Å²) in [6, 6.07) is 0. The van der Waals surface area contributed by atoms with Crippen LogP contribution in [-0.4, -0.2) is 5.11 Å². The van der Waals surface area contributed by atoms with Crippen molar-refractivity contribution in [3.63, 3.8) is 0 Å². The molecule has 0 spiro atoms. The summed E-state index contributed by atoms with van der Waals surface area (Å²) in [6.45, 7) is 0. The molecule has 59 valence electrons. The molecule has 1 heteroatoms. The minimum atomic E-state index is 0.738. The standard InChI is InChI=1S/C9H17O/c10-9-7-5-3-1-2-4-6-8-9/h10H,1-8H2. The van der Waals surface area contributed by atoms with E-state index < -0.39 is 0 Å². The van der Waals surface area contributed by atoms with Crippen LogP contribution in [0.1, 0.15) is 51.4 Å². The zero-order valence-electron chi connectivity index (χ0n) is 6.60. The fourth-order valence-corrected chi connectivity index (χ4v) is 1.49. The summed E-state index contributed by atoms with van der Waals surface area (Å²) < 4.78 is 0. The third-order valence-electron chi connectivity index (χ3n) is 2.18. The van der Waals surface area contributed by atoms with Crippen molar-refractivity contribution in [2.45, 2.75) is 51.4 Å². The predicted molar refractivity (Wildman–Crippen MR) is 42.1 cm³/mol. The van der Waals surface area contributed by atoms with E-state index >= 15 is 0 Å². The first-order valence-corrected chi connectivity index (χ1v) is 4.43. The van der Waals surface area contributed by atoms with E-state index in [1.54, 1.807) is 0 Å². The van der Waals surface area contributed by atoms with Crippen LogP contribution >= 0.6 is 0 Å². The van der Waals surface area contributed by atoms with Gasteiger partial charge in [-0.1, -0.05) is 38.5 Å². The summed E-state index contributed by atoms with van der Waals surface area (Å²) in [5.41, 5.74) is 0. The maximum Gasteiger partial charge on any atom is 0.0933 e. The average molecular weight is 141 g/mol. The minimum Gasteiger partial charge on any atom is -0.387 e. The van der Waals surface area contributed by atoms with E-state index in [9.17, 15) is 5.11 Å². The number of hydrogen-bond acceptors (Lipinski definition) is 1. The predicted octanol–water partition coefficient (Wildman–Crippen LogP) is 3.03. The van der Waals surface area contributed by atoms with Crippen molar-refractivity contribution >= 4 is 0 Å². The highest BCUT2D eigenvalue weighted by molar-refractivity contribution is 4.75. The minimum absolute atomic E-state index is 0.738. The summed E-state index contributed by atoms with van der Waals surface area (Å²) in [5, 5.41) is 9.26. The summed E-state index contributed by atoms with van der Waals surface area (Å²) in [7, 11) is 0. The van der Waals surface area contributed by atoms with E-state index in [-0.39, 0.29) is 0 Å². The number of aliphatic hydroxyl groups is 1. The van der Waals surface area contributed by atoms with E-state index in [1.807, 2.05) is 0 Å². The largest absolute Gasteiger partial charge is 0.387 e. The first-order chi connectivity index (χ1) is 4.89. The van der Waals surface area contributed by atoms with Crippen LogP contribution in [0.5, 0.6) is 0 Å². The van der Waals surface area contributed by atoms with Crippen molar-refractivity contribution in [3.8, 4) is 0 Å². The topological polar surface area (TPSA) is 20.2 Å². The van der Waals surface area contributed by atoms with E-state index in [0.29, 0.717) is 0 Å². The second-order valence-corrected chi connectivity index (χ2v) is 3.19. The SMILES string of the molecule is O[C]1CCCCCCCC1. The molecular formula is C9H17O. The zero-order valence-corrected chi connectivity index (χ0v) is 6.60. The van der Waals surface area contributed by atoms with Crippen LogP contribution in [0.3, 0.4) is 0 Å². The Morgan fingerprint density at radius 2 is 1.10 bits per heavy atom. The van der Waals surface area contributed by atoms with Crippen LogP contribution in [0.4, 0.5) is 0 Å². The van der Waals surface area contributed by atoms with Gasteiger partial charge in [0.2, 0.25) is 0 Å². The fraction of sp³-hybridized carbons (Fsp3) is 0.889. The van der Waals surface area contributed by atoms with E-state index in [2.05, 4.69) is 0 Å². The molecule has 0 bridgehead atoms. The van der Waals surface area contributed by atoms with Crippen molar-refractivity contribution < 1.29 is 5.11 Å². The molecule has 0 atom stereocenters. The van der Waals surface area contributed by atoms with Gasteiger partial charge in [-0.25, -0.2) is 0 Å². The lowest BCUT2D eigenvalue weighted by atomic mass is 10.1. The molecular weight excluding hydrogens is 124 g/mol. The van der Waals surface area contributed by atoms with Crippen molar-refractivity contribution in [1.82, 2.24) is 0 Å². The van der Waals surface area contributed by atoms with Crippen molar-refractivity contribution in [1.29, 1.82) is 0 Å². The second kappa shape index (κ2) is 4.73. The van der Waals surface area contributed by atoms with Gasteiger partial charge in [-0.15, -0.1) is 0 Å². The molecule has 0 saturated heterocycles. The van der Waals surface area contributed by atoms with Gasteiger partial charge >= 0.3 is 0 Å². The molecule has 0 aliphatic heterocycles. The van der Waals surface area contributed by atoms with Crippen LogP contribution in [0, 0.1) is 6.10 Å². The molecule has 1 aliphatic rings. The maximum absolute atomic E-state index is 9.26. The molecule has 0 aromatic rings. The Morgan fingerprint density at radius 1 is 0.700 bits per heavy atom. The highest BCUT2D eigenvalue weighted by Crippen LogP contribution is 2.20. The quantitative estimate of drug-likeness (QED) is 0.549. The van der Waals surface area contributed by atoms with Crippen molar-refractivity contribution in [3.05, 3.63) is 6.10 Å². The molecule has 1 fully saturated rings. The number of aliphatic hydroxyl groups excluding tert-OH is 1. The molecule has 10 heavy (non-hydrogen) atoms. The van der Waals surface area contributed by atoms with Crippen molar-refractivity contribution in [2.24, 2.45) is 0 Å². The zero-order chi connectivity index (χ0) is 7.23. The molecule has 1 rings (SSSR count). The smallest absolute Gasteiger partial charge is 0.0933 e. The molecule has 0 amide bonds. The van der Waals surface area contributed by atoms with Crippen LogP contribution in [0.25, 0.3) is 0 Å². The van der Waals surface area contributed by atoms with Crippen LogP contribution in [-0.2, 0) is 0 Å².